The first-order valence-electron chi connectivity index (χ1n) is 12.9. The van der Waals surface area contributed by atoms with Crippen LogP contribution in [0.1, 0.15) is 100 Å². The molecule has 2 aliphatic rings. The molecule has 9 heteroatoms. The molecule has 2 aliphatic carbocycles. The van der Waals surface area contributed by atoms with Crippen LogP contribution >= 0.6 is 0 Å². The molecule has 1 atom stereocenters. The zero-order valence-corrected chi connectivity index (χ0v) is 21.0. The summed E-state index contributed by atoms with van der Waals surface area (Å²) in [7, 11) is 0. The standard InChI is InChI=1S/C28H33N5O4/c1-16(29)15-28(26-32-27(36)37-33(26)21-5-3-2-4-6-21)22-11-9-19(24(30)34)13-17(22)7-8-18-14-20(25(31)35)10-12-23(18)28/h9-14,16,21H,2-8,15,29H2,1H3,(H2,30,34)(H2,31,35)/t16-/m0/s1. The van der Waals surface area contributed by atoms with Crippen LogP contribution in [0, 0.1) is 0 Å². The van der Waals surface area contributed by atoms with E-state index in [-0.39, 0.29) is 12.1 Å². The van der Waals surface area contributed by atoms with Crippen molar-refractivity contribution in [1.82, 2.24) is 9.72 Å². The second kappa shape index (κ2) is 9.63. The van der Waals surface area contributed by atoms with Gasteiger partial charge in [0.2, 0.25) is 11.8 Å². The third-order valence-corrected chi connectivity index (χ3v) is 7.86. The second-order valence-corrected chi connectivity index (χ2v) is 10.5. The van der Waals surface area contributed by atoms with Crippen LogP contribution in [0.5, 0.6) is 0 Å². The van der Waals surface area contributed by atoms with Crippen molar-refractivity contribution in [3.8, 4) is 0 Å². The van der Waals surface area contributed by atoms with Gasteiger partial charge in [-0.05, 0) is 85.5 Å². The maximum Gasteiger partial charge on any atom is 0.459 e. The van der Waals surface area contributed by atoms with Gasteiger partial charge >= 0.3 is 5.76 Å². The lowest BCUT2D eigenvalue weighted by Gasteiger charge is -2.38. The van der Waals surface area contributed by atoms with Gasteiger partial charge in [0.05, 0.1) is 11.5 Å². The van der Waals surface area contributed by atoms with Gasteiger partial charge in [-0.15, -0.1) is 0 Å². The number of nitrogens with two attached hydrogens (primary N) is 3. The van der Waals surface area contributed by atoms with E-state index in [4.69, 9.17) is 21.7 Å². The van der Waals surface area contributed by atoms with E-state index >= 15 is 0 Å². The third-order valence-electron chi connectivity index (χ3n) is 7.86. The Labute approximate surface area is 215 Å². The van der Waals surface area contributed by atoms with Gasteiger partial charge in [-0.3, -0.25) is 9.59 Å². The van der Waals surface area contributed by atoms with E-state index in [9.17, 15) is 14.4 Å². The number of aromatic nitrogens is 2. The summed E-state index contributed by atoms with van der Waals surface area (Å²) in [6, 6.07) is 10.6. The van der Waals surface area contributed by atoms with Crippen molar-refractivity contribution in [1.29, 1.82) is 0 Å². The highest BCUT2D eigenvalue weighted by atomic mass is 16.5. The molecule has 1 heterocycles. The Kier molecular flexibility index (Phi) is 6.49. The fourth-order valence-electron chi connectivity index (χ4n) is 6.32. The highest BCUT2D eigenvalue weighted by molar-refractivity contribution is 5.94. The van der Waals surface area contributed by atoms with Gasteiger partial charge in [0.25, 0.3) is 0 Å². The maximum absolute atomic E-state index is 12.8. The number of aryl methyl sites for hydroxylation is 2. The Bertz CT molecular complexity index is 1350. The fourth-order valence-corrected chi connectivity index (χ4v) is 6.32. The molecule has 0 bridgehead atoms. The number of hydrogen-bond donors (Lipinski definition) is 3. The van der Waals surface area contributed by atoms with Crippen LogP contribution in [0.2, 0.25) is 0 Å². The van der Waals surface area contributed by atoms with Crippen LogP contribution in [-0.4, -0.2) is 27.6 Å². The van der Waals surface area contributed by atoms with Gasteiger partial charge < -0.3 is 21.7 Å². The molecular weight excluding hydrogens is 470 g/mol. The van der Waals surface area contributed by atoms with Crippen LogP contribution in [0.4, 0.5) is 0 Å². The summed E-state index contributed by atoms with van der Waals surface area (Å²) in [5.74, 6) is -1.18. The molecule has 2 amide bonds. The number of benzene rings is 2. The lowest BCUT2D eigenvalue weighted by molar-refractivity contribution is 0.0991. The van der Waals surface area contributed by atoms with Crippen LogP contribution in [-0.2, 0) is 18.3 Å². The van der Waals surface area contributed by atoms with Crippen LogP contribution in [0.25, 0.3) is 0 Å². The summed E-state index contributed by atoms with van der Waals surface area (Å²) in [4.78, 5) is 41.4. The molecule has 0 spiro atoms. The third kappa shape index (κ3) is 4.37. The molecule has 194 valence electrons. The largest absolute Gasteiger partial charge is 0.459 e. The van der Waals surface area contributed by atoms with Gasteiger partial charge in [0.1, 0.15) is 0 Å². The number of carbonyl (C=O) groups excluding carboxylic acids is 2. The van der Waals surface area contributed by atoms with Crippen molar-refractivity contribution in [3.63, 3.8) is 0 Å². The van der Waals surface area contributed by atoms with Crippen LogP contribution in [0.15, 0.2) is 45.7 Å². The minimum Gasteiger partial charge on any atom is -0.366 e. The summed E-state index contributed by atoms with van der Waals surface area (Å²) in [6.07, 6.45) is 6.64. The van der Waals surface area contributed by atoms with Crippen LogP contribution < -0.4 is 23.0 Å². The second-order valence-electron chi connectivity index (χ2n) is 10.5. The number of carbonyl (C=O) groups is 2. The molecular formula is C28H33N5O4. The van der Waals surface area contributed by atoms with Crippen molar-refractivity contribution in [2.75, 3.05) is 0 Å². The molecule has 2 aromatic carbocycles. The molecule has 3 aromatic rings. The molecule has 5 rings (SSSR count). The Morgan fingerprint density at radius 2 is 1.54 bits per heavy atom. The number of nitrogens with zero attached hydrogens (tertiary/aromatic N) is 2. The van der Waals surface area contributed by atoms with Gasteiger partial charge in [0.15, 0.2) is 5.82 Å². The van der Waals surface area contributed by atoms with Crippen molar-refractivity contribution in [3.05, 3.63) is 86.2 Å². The molecule has 9 nitrogen and oxygen atoms in total. The van der Waals surface area contributed by atoms with E-state index in [2.05, 4.69) is 4.98 Å². The van der Waals surface area contributed by atoms with E-state index in [1.54, 1.807) is 16.9 Å². The highest BCUT2D eigenvalue weighted by Crippen LogP contribution is 2.48. The van der Waals surface area contributed by atoms with E-state index in [0.717, 1.165) is 54.4 Å². The zero-order chi connectivity index (χ0) is 26.3. The minimum atomic E-state index is -0.953. The fraction of sp³-hybridized carbons (Fsp3) is 0.429. The zero-order valence-electron chi connectivity index (χ0n) is 21.0. The molecule has 6 N–H and O–H groups in total. The maximum atomic E-state index is 12.8. The average Bonchev–Trinajstić information content (AvgIpc) is 3.22. The minimum absolute atomic E-state index is 0.00819. The molecule has 1 fully saturated rings. The van der Waals surface area contributed by atoms with Crippen molar-refractivity contribution in [2.24, 2.45) is 17.2 Å². The molecule has 0 saturated heterocycles. The summed E-state index contributed by atoms with van der Waals surface area (Å²) in [6.45, 7) is 1.92. The first-order chi connectivity index (χ1) is 17.7. The summed E-state index contributed by atoms with van der Waals surface area (Å²) < 4.78 is 7.48. The molecule has 1 aromatic heterocycles. The predicted octanol–water partition coefficient (Wildman–Crippen LogP) is 2.71. The topological polar surface area (TPSA) is 160 Å². The molecule has 37 heavy (non-hydrogen) atoms. The first kappa shape index (κ1) is 25.0. The summed E-state index contributed by atoms with van der Waals surface area (Å²) >= 11 is 0. The smallest absolute Gasteiger partial charge is 0.366 e. The molecule has 0 unspecified atom stereocenters. The van der Waals surface area contributed by atoms with E-state index in [1.165, 1.54) is 0 Å². The average molecular weight is 504 g/mol. The molecule has 0 aliphatic heterocycles. The molecule has 0 radical (unpaired) electrons. The van der Waals surface area contributed by atoms with E-state index in [0.29, 0.717) is 36.2 Å². The van der Waals surface area contributed by atoms with Gasteiger partial charge in [-0.1, -0.05) is 31.4 Å². The molecule has 1 saturated carbocycles. The predicted molar refractivity (Wildman–Crippen MR) is 138 cm³/mol. The Hall–Kier alpha value is -3.72. The lowest BCUT2D eigenvalue weighted by atomic mass is 9.67. The van der Waals surface area contributed by atoms with Crippen molar-refractivity contribution >= 4 is 11.8 Å². The van der Waals surface area contributed by atoms with Crippen molar-refractivity contribution in [2.45, 2.75) is 75.8 Å². The number of rotatable bonds is 6. The van der Waals surface area contributed by atoms with E-state index < -0.39 is 23.0 Å². The number of fused-ring (bicyclic) bond motifs is 2. The Morgan fingerprint density at radius 1 is 1.00 bits per heavy atom. The van der Waals surface area contributed by atoms with Gasteiger partial charge in [-0.25, -0.2) is 4.79 Å². The number of hydrogen-bond acceptors (Lipinski definition) is 6. The summed E-state index contributed by atoms with van der Waals surface area (Å²) in [5.41, 5.74) is 21.2. The van der Waals surface area contributed by atoms with E-state index in [1.807, 2.05) is 31.2 Å². The number of primary amides is 2. The van der Waals surface area contributed by atoms with Crippen molar-refractivity contribution < 1.29 is 14.1 Å². The first-order valence-corrected chi connectivity index (χ1v) is 12.9. The van der Waals surface area contributed by atoms with Gasteiger partial charge in [-0.2, -0.15) is 9.72 Å². The monoisotopic (exact) mass is 503 g/mol. The SMILES string of the molecule is C[C@H](N)CC1(c2nc(=O)on2C2CCCCC2)c2ccc(C(N)=O)cc2CCc2cc(C(N)=O)ccc21. The van der Waals surface area contributed by atoms with Gasteiger partial charge in [0, 0.05) is 17.2 Å². The highest BCUT2D eigenvalue weighted by Gasteiger charge is 2.47. The lowest BCUT2D eigenvalue weighted by Crippen LogP contribution is -2.40. The van der Waals surface area contributed by atoms with Crippen LogP contribution in [0.3, 0.4) is 0 Å². The number of amides is 2. The Balaban J connectivity index is 1.87. The Morgan fingerprint density at radius 3 is 2.03 bits per heavy atom. The normalized spacial score (nSPS) is 17.9. The summed E-state index contributed by atoms with van der Waals surface area (Å²) in [5, 5.41) is 0. The quantitative estimate of drug-likeness (QED) is 0.469.